The highest BCUT2D eigenvalue weighted by molar-refractivity contribution is 5.77. The number of benzene rings is 1. The third-order valence-corrected chi connectivity index (χ3v) is 5.39. The summed E-state index contributed by atoms with van der Waals surface area (Å²) in [4.78, 5) is 15.5. The lowest BCUT2D eigenvalue weighted by Crippen LogP contribution is -2.48. The van der Waals surface area contributed by atoms with Crippen molar-refractivity contribution in [1.82, 2.24) is 15.2 Å². The van der Waals surface area contributed by atoms with Crippen LogP contribution in [0, 0.1) is 5.82 Å². The van der Waals surface area contributed by atoms with Crippen molar-refractivity contribution in [1.29, 1.82) is 0 Å². The van der Waals surface area contributed by atoms with Gasteiger partial charge in [0.2, 0.25) is 5.91 Å². The second kappa shape index (κ2) is 8.14. The van der Waals surface area contributed by atoms with E-state index in [1.807, 2.05) is 18.2 Å². The first-order valence-corrected chi connectivity index (χ1v) is 9.65. The van der Waals surface area contributed by atoms with Crippen LogP contribution in [0.5, 0.6) is 0 Å². The maximum absolute atomic E-state index is 14.2. The molecule has 4 rings (SSSR count). The highest BCUT2D eigenvalue weighted by Crippen LogP contribution is 2.44. The minimum atomic E-state index is -0.835. The molecular weight excluding hydrogens is 388 g/mol. The number of amides is 1. The number of primary amides is 1. The fourth-order valence-electron chi connectivity index (χ4n) is 3.82. The SMILES string of the molecule is NC(=O)Cc1ccc(F)c(-c2ccc(NCC3(c4ccccn4)CC(F)C3)nn2)c1. The number of hydrogen-bond acceptors (Lipinski definition) is 5. The summed E-state index contributed by atoms with van der Waals surface area (Å²) in [5, 5.41) is 11.4. The van der Waals surface area contributed by atoms with Gasteiger partial charge in [-0.1, -0.05) is 12.1 Å². The molecule has 8 heteroatoms. The molecule has 154 valence electrons. The highest BCUT2D eigenvalue weighted by atomic mass is 19.1. The van der Waals surface area contributed by atoms with E-state index in [-0.39, 0.29) is 17.4 Å². The third kappa shape index (κ3) is 4.12. The quantitative estimate of drug-likeness (QED) is 0.625. The summed E-state index contributed by atoms with van der Waals surface area (Å²) in [6, 6.07) is 13.3. The molecule has 1 aliphatic carbocycles. The molecule has 1 aromatic carbocycles. The molecule has 1 amide bonds. The average Bonchev–Trinajstić information content (AvgIpc) is 2.72. The Labute approximate surface area is 172 Å². The number of pyridine rings is 1. The molecule has 0 bridgehead atoms. The van der Waals surface area contributed by atoms with Crippen molar-refractivity contribution in [2.45, 2.75) is 30.8 Å². The normalized spacial score (nSPS) is 20.4. The summed E-state index contributed by atoms with van der Waals surface area (Å²) in [6.45, 7) is 0.473. The molecule has 1 saturated carbocycles. The summed E-state index contributed by atoms with van der Waals surface area (Å²) in [7, 11) is 0. The van der Waals surface area contributed by atoms with Gasteiger partial charge in [0.1, 0.15) is 17.8 Å². The second-order valence-electron chi connectivity index (χ2n) is 7.62. The van der Waals surface area contributed by atoms with Gasteiger partial charge in [0.25, 0.3) is 0 Å². The van der Waals surface area contributed by atoms with E-state index >= 15 is 0 Å². The van der Waals surface area contributed by atoms with Gasteiger partial charge in [-0.3, -0.25) is 9.78 Å². The number of nitrogens with one attached hydrogen (secondary N) is 1. The van der Waals surface area contributed by atoms with Crippen LogP contribution in [0.15, 0.2) is 54.7 Å². The largest absolute Gasteiger partial charge is 0.369 e. The Morgan fingerprint density at radius 1 is 1.17 bits per heavy atom. The Balaban J connectivity index is 1.49. The van der Waals surface area contributed by atoms with Gasteiger partial charge in [-0.2, -0.15) is 0 Å². The van der Waals surface area contributed by atoms with Gasteiger partial charge < -0.3 is 11.1 Å². The molecule has 30 heavy (non-hydrogen) atoms. The molecule has 1 fully saturated rings. The number of carbonyl (C=O) groups excluding carboxylic acids is 1. The first-order valence-electron chi connectivity index (χ1n) is 9.65. The molecule has 0 radical (unpaired) electrons. The van der Waals surface area contributed by atoms with Gasteiger partial charge in [0.15, 0.2) is 0 Å². The molecule has 1 aliphatic rings. The molecule has 2 aromatic heterocycles. The second-order valence-corrected chi connectivity index (χ2v) is 7.62. The van der Waals surface area contributed by atoms with Crippen LogP contribution >= 0.6 is 0 Å². The van der Waals surface area contributed by atoms with Gasteiger partial charge in [0.05, 0.1) is 12.1 Å². The minimum Gasteiger partial charge on any atom is -0.369 e. The zero-order chi connectivity index (χ0) is 21.1. The molecule has 6 nitrogen and oxygen atoms in total. The first kappa shape index (κ1) is 19.9. The number of rotatable bonds is 7. The van der Waals surface area contributed by atoms with Crippen LogP contribution in [0.25, 0.3) is 11.3 Å². The fourth-order valence-corrected chi connectivity index (χ4v) is 3.82. The molecule has 0 aliphatic heterocycles. The Morgan fingerprint density at radius 2 is 2.00 bits per heavy atom. The van der Waals surface area contributed by atoms with E-state index in [0.29, 0.717) is 36.5 Å². The lowest BCUT2D eigenvalue weighted by atomic mass is 9.65. The van der Waals surface area contributed by atoms with Crippen LogP contribution in [0.3, 0.4) is 0 Å². The van der Waals surface area contributed by atoms with E-state index in [4.69, 9.17) is 5.73 Å². The van der Waals surface area contributed by atoms with Crippen molar-refractivity contribution >= 4 is 11.7 Å². The molecule has 3 N–H and O–H groups in total. The maximum Gasteiger partial charge on any atom is 0.221 e. The zero-order valence-corrected chi connectivity index (χ0v) is 16.2. The van der Waals surface area contributed by atoms with Crippen molar-refractivity contribution in [2.75, 3.05) is 11.9 Å². The van der Waals surface area contributed by atoms with Crippen LogP contribution in [0.1, 0.15) is 24.1 Å². The van der Waals surface area contributed by atoms with E-state index in [0.717, 1.165) is 5.69 Å². The number of nitrogens with zero attached hydrogens (tertiary/aromatic N) is 3. The van der Waals surface area contributed by atoms with Gasteiger partial charge in [-0.25, -0.2) is 8.78 Å². The van der Waals surface area contributed by atoms with E-state index < -0.39 is 17.9 Å². The van der Waals surface area contributed by atoms with Crippen LogP contribution in [-0.4, -0.2) is 33.8 Å². The molecule has 2 heterocycles. The van der Waals surface area contributed by atoms with Crippen molar-refractivity contribution in [3.63, 3.8) is 0 Å². The van der Waals surface area contributed by atoms with Gasteiger partial charge >= 0.3 is 0 Å². The van der Waals surface area contributed by atoms with Gasteiger partial charge in [0, 0.05) is 29.4 Å². The number of anilines is 1. The molecule has 0 atom stereocenters. The van der Waals surface area contributed by atoms with E-state index in [1.165, 1.54) is 12.1 Å². The van der Waals surface area contributed by atoms with Crippen molar-refractivity contribution in [3.8, 4) is 11.3 Å². The minimum absolute atomic E-state index is 0.0194. The molecule has 0 unspecified atom stereocenters. The molecule has 3 aromatic rings. The summed E-state index contributed by atoms with van der Waals surface area (Å²) < 4.78 is 27.9. The number of aromatic nitrogens is 3. The third-order valence-electron chi connectivity index (χ3n) is 5.39. The predicted octanol–water partition coefficient (Wildman–Crippen LogP) is 3.19. The summed E-state index contributed by atoms with van der Waals surface area (Å²) in [5.74, 6) is -0.451. The van der Waals surface area contributed by atoms with Crippen LogP contribution < -0.4 is 11.1 Å². The van der Waals surface area contributed by atoms with Crippen LogP contribution in [0.2, 0.25) is 0 Å². The Hall–Kier alpha value is -3.42. The Kier molecular flexibility index (Phi) is 5.39. The highest BCUT2D eigenvalue weighted by Gasteiger charge is 2.46. The van der Waals surface area contributed by atoms with Crippen LogP contribution in [-0.2, 0) is 16.6 Å². The van der Waals surface area contributed by atoms with E-state index in [1.54, 1.807) is 24.4 Å². The number of hydrogen-bond donors (Lipinski definition) is 2. The average molecular weight is 409 g/mol. The lowest BCUT2D eigenvalue weighted by Gasteiger charge is -2.43. The van der Waals surface area contributed by atoms with Crippen LogP contribution in [0.4, 0.5) is 14.6 Å². The maximum atomic E-state index is 14.2. The monoisotopic (exact) mass is 409 g/mol. The summed E-state index contributed by atoms with van der Waals surface area (Å²) >= 11 is 0. The van der Waals surface area contributed by atoms with Gasteiger partial charge in [-0.05, 0) is 54.8 Å². The van der Waals surface area contributed by atoms with Gasteiger partial charge in [-0.15, -0.1) is 10.2 Å². The topological polar surface area (TPSA) is 93.8 Å². The Bertz CT molecular complexity index is 1040. The molecule has 0 saturated heterocycles. The summed E-state index contributed by atoms with van der Waals surface area (Å²) in [5.41, 5.74) is 6.88. The van der Waals surface area contributed by atoms with Crippen molar-refractivity contribution < 1.29 is 13.6 Å². The molecular formula is C22H21F2N5O. The number of carbonyl (C=O) groups is 1. The van der Waals surface area contributed by atoms with E-state index in [9.17, 15) is 13.6 Å². The first-order chi connectivity index (χ1) is 14.4. The van der Waals surface area contributed by atoms with Crippen molar-refractivity contribution in [3.05, 3.63) is 71.8 Å². The molecule has 0 spiro atoms. The van der Waals surface area contributed by atoms with Crippen molar-refractivity contribution in [2.24, 2.45) is 5.73 Å². The number of alkyl halides is 1. The van der Waals surface area contributed by atoms with E-state index in [2.05, 4.69) is 20.5 Å². The standard InChI is InChI=1S/C22H21F2N5O/c23-15-11-22(12-15,19-3-1-2-8-26-19)13-27-21-7-6-18(28-29-21)16-9-14(10-20(25)30)4-5-17(16)24/h1-9,15H,10-13H2,(H2,25,30)(H,27,29). The lowest BCUT2D eigenvalue weighted by molar-refractivity contribution is -0.117. The Morgan fingerprint density at radius 3 is 2.63 bits per heavy atom. The number of nitrogens with two attached hydrogens (primary N) is 1. The summed E-state index contributed by atoms with van der Waals surface area (Å²) in [6.07, 6.45) is 1.70. The predicted molar refractivity (Wildman–Crippen MR) is 109 cm³/mol. The zero-order valence-electron chi connectivity index (χ0n) is 16.2. The number of halogens is 2. The smallest absolute Gasteiger partial charge is 0.221 e. The fraction of sp³-hybridized carbons (Fsp3) is 0.273.